The van der Waals surface area contributed by atoms with Crippen molar-refractivity contribution in [1.29, 1.82) is 0 Å². The van der Waals surface area contributed by atoms with E-state index in [9.17, 15) is 22.8 Å². The van der Waals surface area contributed by atoms with Crippen LogP contribution in [0.25, 0.3) is 0 Å². The third-order valence-corrected chi connectivity index (χ3v) is 7.29. The van der Waals surface area contributed by atoms with Crippen molar-refractivity contribution in [3.05, 3.63) is 59.2 Å². The Bertz CT molecular complexity index is 1130. The number of nitrogens with zero attached hydrogens (tertiary/aromatic N) is 1. The minimum Gasteiger partial charge on any atom is -0.454 e. The Morgan fingerprint density at radius 1 is 0.971 bits per heavy atom. The Morgan fingerprint density at radius 3 is 2.21 bits per heavy atom. The van der Waals surface area contributed by atoms with Crippen molar-refractivity contribution in [3.63, 3.8) is 0 Å². The van der Waals surface area contributed by atoms with Gasteiger partial charge in [-0.05, 0) is 48.7 Å². The molecule has 184 valence electrons. The maximum atomic E-state index is 12.5. The number of sulfonamides is 1. The average Bonchev–Trinajstić information content (AvgIpc) is 2.83. The van der Waals surface area contributed by atoms with Crippen LogP contribution in [-0.2, 0) is 30.8 Å². The van der Waals surface area contributed by atoms with Gasteiger partial charge in [-0.2, -0.15) is 4.31 Å². The Hall–Kier alpha value is -3.24. The number of nitrogens with one attached hydrogen (secondary N) is 2. The van der Waals surface area contributed by atoms with Crippen molar-refractivity contribution in [3.8, 4) is 0 Å². The predicted octanol–water partition coefficient (Wildman–Crippen LogP) is 2.50. The number of ether oxygens (including phenoxy) is 1. The number of carbonyl (C=O) groups excluding carboxylic acids is 3. The van der Waals surface area contributed by atoms with Gasteiger partial charge in [0.05, 0.1) is 4.90 Å². The van der Waals surface area contributed by atoms with Crippen LogP contribution in [0.5, 0.6) is 0 Å². The molecule has 2 aromatic carbocycles. The first-order valence-electron chi connectivity index (χ1n) is 11.1. The molecule has 0 aromatic heterocycles. The minimum atomic E-state index is -3.63. The largest absolute Gasteiger partial charge is 0.454 e. The number of benzene rings is 2. The van der Waals surface area contributed by atoms with Crippen LogP contribution in [0.15, 0.2) is 47.4 Å². The highest BCUT2D eigenvalue weighted by molar-refractivity contribution is 7.89. The molecular weight excluding hydrogens is 458 g/mol. The summed E-state index contributed by atoms with van der Waals surface area (Å²) in [6, 6.07) is 11.1. The fourth-order valence-corrected chi connectivity index (χ4v) is 4.78. The number of hydrogen-bond donors (Lipinski definition) is 2. The topological polar surface area (TPSA) is 122 Å². The van der Waals surface area contributed by atoms with Gasteiger partial charge >= 0.3 is 5.97 Å². The molecule has 0 radical (unpaired) electrons. The minimum absolute atomic E-state index is 0.0815. The van der Waals surface area contributed by atoms with Gasteiger partial charge < -0.3 is 15.4 Å². The molecule has 0 saturated heterocycles. The van der Waals surface area contributed by atoms with E-state index in [1.54, 1.807) is 13.8 Å². The van der Waals surface area contributed by atoms with Crippen LogP contribution in [0.2, 0.25) is 0 Å². The lowest BCUT2D eigenvalue weighted by Gasteiger charge is -2.18. The van der Waals surface area contributed by atoms with Crippen LogP contribution in [-0.4, -0.2) is 56.7 Å². The molecule has 0 bridgehead atoms. The Balaban J connectivity index is 1.86. The number of anilines is 1. The lowest BCUT2D eigenvalue weighted by atomic mass is 10.1. The molecule has 0 spiro atoms. The van der Waals surface area contributed by atoms with Gasteiger partial charge in [0, 0.05) is 24.3 Å². The van der Waals surface area contributed by atoms with E-state index in [1.165, 1.54) is 28.6 Å². The fourth-order valence-electron chi connectivity index (χ4n) is 3.32. The van der Waals surface area contributed by atoms with E-state index < -0.39 is 41.0 Å². The summed E-state index contributed by atoms with van der Waals surface area (Å²) in [6.07, 6.45) is 0.742. The summed E-state index contributed by atoms with van der Waals surface area (Å²) in [6.45, 7) is 7.11. The second-order valence-electron chi connectivity index (χ2n) is 7.47. The van der Waals surface area contributed by atoms with Gasteiger partial charge in [-0.15, -0.1) is 0 Å². The monoisotopic (exact) mass is 489 g/mol. The Morgan fingerprint density at radius 2 is 1.62 bits per heavy atom. The van der Waals surface area contributed by atoms with Gasteiger partial charge in [-0.25, -0.2) is 8.42 Å². The molecule has 2 aromatic rings. The van der Waals surface area contributed by atoms with Crippen molar-refractivity contribution in [2.24, 2.45) is 0 Å². The first-order valence-corrected chi connectivity index (χ1v) is 12.5. The van der Waals surface area contributed by atoms with Crippen molar-refractivity contribution in [2.75, 3.05) is 31.6 Å². The van der Waals surface area contributed by atoms with Crippen LogP contribution in [0.1, 0.15) is 42.3 Å². The number of para-hydroxylation sites is 1. The average molecular weight is 490 g/mol. The summed E-state index contributed by atoms with van der Waals surface area (Å²) >= 11 is 0. The summed E-state index contributed by atoms with van der Waals surface area (Å²) in [5, 5.41) is 5.15. The SMILES string of the molecule is CCc1cccc(C)c1NC(=O)COC(=O)CNC(=O)c1ccc(S(=O)(=O)N(CC)CC)cc1. The molecule has 9 nitrogen and oxygen atoms in total. The molecule has 0 aliphatic heterocycles. The summed E-state index contributed by atoms with van der Waals surface area (Å²) in [5.41, 5.74) is 2.77. The van der Waals surface area contributed by atoms with Crippen LogP contribution >= 0.6 is 0 Å². The van der Waals surface area contributed by atoms with E-state index in [2.05, 4.69) is 10.6 Å². The highest BCUT2D eigenvalue weighted by Crippen LogP contribution is 2.21. The quantitative estimate of drug-likeness (QED) is 0.468. The van der Waals surface area contributed by atoms with Crippen LogP contribution in [0.4, 0.5) is 5.69 Å². The maximum Gasteiger partial charge on any atom is 0.325 e. The second-order valence-corrected chi connectivity index (χ2v) is 9.41. The molecule has 2 N–H and O–H groups in total. The van der Waals surface area contributed by atoms with Gasteiger partial charge in [0.25, 0.3) is 11.8 Å². The molecule has 0 aliphatic carbocycles. The molecule has 34 heavy (non-hydrogen) atoms. The summed E-state index contributed by atoms with van der Waals surface area (Å²) in [7, 11) is -3.63. The fraction of sp³-hybridized carbons (Fsp3) is 0.375. The Labute approximate surface area is 200 Å². The van der Waals surface area contributed by atoms with E-state index >= 15 is 0 Å². The molecule has 0 unspecified atom stereocenters. The molecule has 2 amide bonds. The van der Waals surface area contributed by atoms with E-state index in [4.69, 9.17) is 4.74 Å². The van der Waals surface area contributed by atoms with Crippen molar-refractivity contribution in [1.82, 2.24) is 9.62 Å². The van der Waals surface area contributed by atoms with Crippen molar-refractivity contribution < 1.29 is 27.5 Å². The predicted molar refractivity (Wildman–Crippen MR) is 129 cm³/mol. The third-order valence-electron chi connectivity index (χ3n) is 5.22. The summed E-state index contributed by atoms with van der Waals surface area (Å²) in [5.74, 6) is -1.82. The first-order chi connectivity index (χ1) is 16.1. The van der Waals surface area contributed by atoms with Gasteiger partial charge in [0.2, 0.25) is 10.0 Å². The molecule has 0 saturated carbocycles. The summed E-state index contributed by atoms with van der Waals surface area (Å²) < 4.78 is 31.3. The normalized spacial score (nSPS) is 11.2. The van der Waals surface area contributed by atoms with Gasteiger partial charge in [-0.1, -0.05) is 39.0 Å². The molecular formula is C24H31N3O6S. The van der Waals surface area contributed by atoms with Crippen molar-refractivity contribution in [2.45, 2.75) is 39.0 Å². The first kappa shape index (κ1) is 27.0. The lowest BCUT2D eigenvalue weighted by Crippen LogP contribution is -2.32. The standard InChI is InChI=1S/C24H31N3O6S/c1-5-18-10-8-9-17(4)23(18)26-21(28)16-33-22(29)15-25-24(30)19-11-13-20(14-12-19)34(31,32)27(6-2)7-3/h8-14H,5-7,15-16H2,1-4H3,(H,25,30)(H,26,28). The lowest BCUT2D eigenvalue weighted by molar-refractivity contribution is -0.146. The summed E-state index contributed by atoms with van der Waals surface area (Å²) in [4.78, 5) is 36.5. The van der Waals surface area contributed by atoms with Crippen LogP contribution in [0, 0.1) is 6.92 Å². The number of rotatable bonds is 11. The number of amides is 2. The number of carbonyl (C=O) groups is 3. The maximum absolute atomic E-state index is 12.5. The van der Waals surface area contributed by atoms with Gasteiger partial charge in [0.1, 0.15) is 6.54 Å². The molecule has 0 fully saturated rings. The molecule has 0 heterocycles. The van der Waals surface area contributed by atoms with Crippen LogP contribution in [0.3, 0.4) is 0 Å². The number of esters is 1. The molecule has 10 heteroatoms. The van der Waals surface area contributed by atoms with Gasteiger partial charge in [-0.3, -0.25) is 14.4 Å². The van der Waals surface area contributed by atoms with E-state index in [1.807, 2.05) is 32.0 Å². The highest BCUT2D eigenvalue weighted by atomic mass is 32.2. The molecule has 0 aliphatic rings. The zero-order valence-electron chi connectivity index (χ0n) is 19.9. The smallest absolute Gasteiger partial charge is 0.325 e. The highest BCUT2D eigenvalue weighted by Gasteiger charge is 2.22. The number of aryl methyl sites for hydroxylation is 2. The van der Waals surface area contributed by atoms with Gasteiger partial charge in [0.15, 0.2) is 6.61 Å². The Kier molecular flexibility index (Phi) is 9.76. The van der Waals surface area contributed by atoms with E-state index in [0.717, 1.165) is 17.5 Å². The molecule has 0 atom stereocenters. The van der Waals surface area contributed by atoms with Crippen LogP contribution < -0.4 is 10.6 Å². The third kappa shape index (κ3) is 6.88. The zero-order chi connectivity index (χ0) is 25.3. The van der Waals surface area contributed by atoms with Crippen molar-refractivity contribution >= 4 is 33.5 Å². The molecule has 2 rings (SSSR count). The zero-order valence-corrected chi connectivity index (χ0v) is 20.7. The van der Waals surface area contributed by atoms with E-state index in [0.29, 0.717) is 18.8 Å². The second kappa shape index (κ2) is 12.3. The van der Waals surface area contributed by atoms with E-state index in [-0.39, 0.29) is 10.5 Å². The number of hydrogen-bond acceptors (Lipinski definition) is 6.